The number of fused-ring (bicyclic) bond motifs is 1. The van der Waals surface area contributed by atoms with E-state index in [1.807, 2.05) is 6.07 Å². The Bertz CT molecular complexity index is 1110. The zero-order chi connectivity index (χ0) is 22.8. The lowest BCUT2D eigenvalue weighted by Crippen LogP contribution is -2.33. The van der Waals surface area contributed by atoms with Gasteiger partial charge in [0.1, 0.15) is 5.60 Å². The molecule has 0 atom stereocenters. The molecule has 1 aromatic carbocycles. The van der Waals surface area contributed by atoms with Gasteiger partial charge >= 0.3 is 6.09 Å². The lowest BCUT2D eigenvalue weighted by molar-refractivity contribution is 0.0528. The molecule has 1 N–H and O–H groups in total. The predicted octanol–water partition coefficient (Wildman–Crippen LogP) is 3.28. The summed E-state index contributed by atoms with van der Waals surface area (Å²) in [5.41, 5.74) is 1.92. The molecule has 0 fully saturated rings. The first-order chi connectivity index (χ1) is 14.4. The van der Waals surface area contributed by atoms with Gasteiger partial charge in [0.15, 0.2) is 5.03 Å². The average Bonchev–Trinajstić information content (AvgIpc) is 3.09. The Labute approximate surface area is 186 Å². The maximum absolute atomic E-state index is 13.0. The van der Waals surface area contributed by atoms with Crippen LogP contribution in [0.5, 0.6) is 0 Å². The number of anilines is 1. The lowest BCUT2D eigenvalue weighted by atomic mass is 10.1. The number of aromatic nitrogens is 1. The second-order valence-corrected chi connectivity index (χ2v) is 10.7. The summed E-state index contributed by atoms with van der Waals surface area (Å²) in [6.07, 6.45) is 0.496. The lowest BCUT2D eigenvalue weighted by Gasteiger charge is -2.19. The zero-order valence-corrected chi connectivity index (χ0v) is 19.1. The largest absolute Gasteiger partial charge is 0.444 e. The number of nitrogens with zero attached hydrogens (tertiary/aromatic N) is 2. The van der Waals surface area contributed by atoms with E-state index < -0.39 is 20.7 Å². The Morgan fingerprint density at radius 1 is 1.23 bits per heavy atom. The third-order valence-electron chi connectivity index (χ3n) is 4.54. The normalized spacial score (nSPS) is 13.6. The van der Waals surface area contributed by atoms with Gasteiger partial charge in [-0.2, -0.15) is 0 Å². The van der Waals surface area contributed by atoms with Crippen molar-refractivity contribution in [3.63, 3.8) is 0 Å². The van der Waals surface area contributed by atoms with Crippen molar-refractivity contribution in [3.05, 3.63) is 53.2 Å². The van der Waals surface area contributed by atoms with Crippen LogP contribution in [0.25, 0.3) is 0 Å². The summed E-state index contributed by atoms with van der Waals surface area (Å²) in [6, 6.07) is 10.0. The van der Waals surface area contributed by atoms with E-state index in [4.69, 9.17) is 15.4 Å². The first-order valence-electron chi connectivity index (χ1n) is 9.76. The maximum atomic E-state index is 13.0. The number of ether oxygens (including phenoxy) is 1. The molecule has 2 aromatic rings. The fraction of sp³-hybridized carbons (Fsp3) is 0.381. The first kappa shape index (κ1) is 23.0. The van der Waals surface area contributed by atoms with Crippen molar-refractivity contribution in [2.45, 2.75) is 44.2 Å². The molecule has 2 amide bonds. The molecule has 0 aliphatic carbocycles. The van der Waals surface area contributed by atoms with Gasteiger partial charge in [-0.1, -0.05) is 12.1 Å². The molecule has 1 aliphatic rings. The van der Waals surface area contributed by atoms with Gasteiger partial charge in [-0.05, 0) is 57.0 Å². The van der Waals surface area contributed by atoms with Crippen molar-refractivity contribution in [2.75, 3.05) is 18.0 Å². The number of hydrogen-bond acceptors (Lipinski definition) is 6. The summed E-state index contributed by atoms with van der Waals surface area (Å²) < 4.78 is 28.2. The molecule has 2 heterocycles. The Morgan fingerprint density at radius 3 is 2.65 bits per heavy atom. The van der Waals surface area contributed by atoms with E-state index in [-0.39, 0.29) is 10.9 Å². The van der Waals surface area contributed by atoms with Crippen molar-refractivity contribution >= 4 is 37.4 Å². The van der Waals surface area contributed by atoms with Crippen LogP contribution in [0.3, 0.4) is 0 Å². The number of carbonyl (C=O) groups excluding carboxylic acids is 2. The van der Waals surface area contributed by atoms with Crippen molar-refractivity contribution < 1.29 is 22.7 Å². The molecule has 1 aromatic heterocycles. The molecule has 0 bridgehead atoms. The van der Waals surface area contributed by atoms with Crippen LogP contribution < -0.4 is 10.2 Å². The number of rotatable bonds is 5. The van der Waals surface area contributed by atoms with Gasteiger partial charge in [0.2, 0.25) is 0 Å². The van der Waals surface area contributed by atoms with Crippen LogP contribution in [0.4, 0.5) is 10.5 Å². The number of benzene rings is 1. The highest BCUT2D eigenvalue weighted by Crippen LogP contribution is 2.30. The van der Waals surface area contributed by atoms with Crippen LogP contribution in [0.2, 0.25) is 0 Å². The quantitative estimate of drug-likeness (QED) is 0.679. The van der Waals surface area contributed by atoms with Crippen LogP contribution in [0.1, 0.15) is 42.4 Å². The minimum absolute atomic E-state index is 0.205. The summed E-state index contributed by atoms with van der Waals surface area (Å²) >= 11 is 0. The molecular formula is C21H24ClN3O5S. The molecule has 0 spiro atoms. The van der Waals surface area contributed by atoms with E-state index in [9.17, 15) is 18.0 Å². The number of nitrogens with one attached hydrogen (secondary N) is 1. The van der Waals surface area contributed by atoms with E-state index in [0.29, 0.717) is 42.9 Å². The number of amides is 2. The fourth-order valence-corrected chi connectivity index (χ4v) is 3.94. The average molecular weight is 466 g/mol. The number of carbonyl (C=O) groups is 2. The highest BCUT2D eigenvalue weighted by atomic mass is 35.7. The maximum Gasteiger partial charge on any atom is 0.407 e. The van der Waals surface area contributed by atoms with Crippen molar-refractivity contribution in [2.24, 2.45) is 0 Å². The predicted molar refractivity (Wildman–Crippen MR) is 117 cm³/mol. The van der Waals surface area contributed by atoms with E-state index in [0.717, 1.165) is 5.56 Å². The number of halogens is 1. The molecule has 10 heteroatoms. The molecule has 31 heavy (non-hydrogen) atoms. The first-order valence-corrected chi connectivity index (χ1v) is 12.1. The smallest absolute Gasteiger partial charge is 0.407 e. The zero-order valence-electron chi connectivity index (χ0n) is 17.5. The summed E-state index contributed by atoms with van der Waals surface area (Å²) in [6.45, 7) is 6.16. The van der Waals surface area contributed by atoms with E-state index in [1.54, 1.807) is 49.9 Å². The van der Waals surface area contributed by atoms with Gasteiger partial charge < -0.3 is 15.0 Å². The third-order valence-corrected chi connectivity index (χ3v) is 5.74. The highest BCUT2D eigenvalue weighted by Gasteiger charge is 2.28. The molecule has 8 nitrogen and oxygen atoms in total. The van der Waals surface area contributed by atoms with Crippen LogP contribution >= 0.6 is 10.7 Å². The SMILES string of the molecule is CC(C)(C)OC(=O)NCCc1cccc(C(=O)N2CCc3nc(S(=O)(=O)Cl)ccc32)c1. The summed E-state index contributed by atoms with van der Waals surface area (Å²) in [5, 5.41) is 2.48. The second kappa shape index (κ2) is 8.84. The monoisotopic (exact) mass is 465 g/mol. The standard InChI is InChI=1S/C21H24ClN3O5S/c1-21(2,3)30-20(27)23-11-9-14-5-4-6-15(13-14)19(26)25-12-10-16-17(25)7-8-18(24-16)31(22,28)29/h4-8,13H,9-12H2,1-3H3,(H,23,27). The Morgan fingerprint density at radius 2 is 1.97 bits per heavy atom. The summed E-state index contributed by atoms with van der Waals surface area (Å²) in [7, 11) is 1.43. The number of hydrogen-bond donors (Lipinski definition) is 1. The Balaban J connectivity index is 1.67. The van der Waals surface area contributed by atoms with Gasteiger partial charge in [0.05, 0.1) is 11.4 Å². The summed E-state index contributed by atoms with van der Waals surface area (Å²) in [4.78, 5) is 30.5. The minimum Gasteiger partial charge on any atom is -0.444 e. The fourth-order valence-electron chi connectivity index (χ4n) is 3.23. The van der Waals surface area contributed by atoms with E-state index in [1.165, 1.54) is 6.07 Å². The van der Waals surface area contributed by atoms with E-state index >= 15 is 0 Å². The van der Waals surface area contributed by atoms with E-state index in [2.05, 4.69) is 10.3 Å². The second-order valence-electron chi connectivity index (χ2n) is 8.14. The Kier molecular flexibility index (Phi) is 6.56. The third kappa shape index (κ3) is 5.95. The molecule has 1 aliphatic heterocycles. The van der Waals surface area contributed by atoms with Crippen LogP contribution in [0, 0.1) is 0 Å². The molecule has 0 radical (unpaired) electrons. The van der Waals surface area contributed by atoms with Crippen molar-refractivity contribution in [1.82, 2.24) is 10.3 Å². The van der Waals surface area contributed by atoms with Crippen LogP contribution in [-0.4, -0.2) is 44.1 Å². The van der Waals surface area contributed by atoms with Crippen molar-refractivity contribution in [3.8, 4) is 0 Å². The van der Waals surface area contributed by atoms with Crippen molar-refractivity contribution in [1.29, 1.82) is 0 Å². The Hall–Kier alpha value is -2.65. The van der Waals surface area contributed by atoms with Gasteiger partial charge in [-0.3, -0.25) is 4.79 Å². The molecule has 166 valence electrons. The summed E-state index contributed by atoms with van der Waals surface area (Å²) in [5.74, 6) is -0.205. The van der Waals surface area contributed by atoms with Gasteiger partial charge in [0.25, 0.3) is 15.0 Å². The van der Waals surface area contributed by atoms with Gasteiger partial charge in [-0.25, -0.2) is 18.2 Å². The van der Waals surface area contributed by atoms with Gasteiger partial charge in [-0.15, -0.1) is 0 Å². The molecule has 0 saturated carbocycles. The molecular weight excluding hydrogens is 442 g/mol. The molecule has 3 rings (SSSR count). The number of alkyl carbamates (subject to hydrolysis) is 1. The van der Waals surface area contributed by atoms with Crippen LogP contribution in [0.15, 0.2) is 41.4 Å². The van der Waals surface area contributed by atoms with Crippen LogP contribution in [-0.2, 0) is 26.6 Å². The van der Waals surface area contributed by atoms with Gasteiger partial charge in [0, 0.05) is 35.8 Å². The molecule has 0 saturated heterocycles. The highest BCUT2D eigenvalue weighted by molar-refractivity contribution is 8.13. The topological polar surface area (TPSA) is 106 Å². The minimum atomic E-state index is -3.93. The number of pyridine rings is 1. The molecule has 0 unspecified atom stereocenters.